The van der Waals surface area contributed by atoms with E-state index in [-0.39, 0.29) is 5.92 Å². The molecule has 0 aromatic heterocycles. The Kier molecular flexibility index (Phi) is 3.69. The molecule has 0 fully saturated rings. The summed E-state index contributed by atoms with van der Waals surface area (Å²) in [6.07, 6.45) is 5.49. The SMILES string of the molecule is C#C[C@H](C)c1cc(OC)cc(-c2ccccc2)c1. The van der Waals surface area contributed by atoms with E-state index in [2.05, 4.69) is 24.1 Å². The van der Waals surface area contributed by atoms with Crippen LogP contribution in [0.1, 0.15) is 18.4 Å². The second-order valence-electron chi connectivity index (χ2n) is 4.25. The summed E-state index contributed by atoms with van der Waals surface area (Å²) < 4.78 is 5.34. The van der Waals surface area contributed by atoms with Crippen molar-refractivity contribution in [1.82, 2.24) is 0 Å². The van der Waals surface area contributed by atoms with Gasteiger partial charge in [-0.1, -0.05) is 36.3 Å². The van der Waals surface area contributed by atoms with Crippen LogP contribution in [-0.4, -0.2) is 7.11 Å². The maximum atomic E-state index is 5.49. The molecule has 0 amide bonds. The zero-order valence-corrected chi connectivity index (χ0v) is 10.7. The van der Waals surface area contributed by atoms with Gasteiger partial charge in [-0.2, -0.15) is 0 Å². The molecular formula is C17H16O. The zero-order valence-electron chi connectivity index (χ0n) is 10.7. The summed E-state index contributed by atoms with van der Waals surface area (Å²) in [5, 5.41) is 0. The predicted molar refractivity (Wildman–Crippen MR) is 75.7 cm³/mol. The van der Waals surface area contributed by atoms with E-state index in [0.717, 1.165) is 16.9 Å². The van der Waals surface area contributed by atoms with Gasteiger partial charge in [-0.15, -0.1) is 6.42 Å². The van der Waals surface area contributed by atoms with Gasteiger partial charge in [0.05, 0.1) is 7.11 Å². The van der Waals surface area contributed by atoms with Crippen LogP contribution in [0.3, 0.4) is 0 Å². The molecule has 0 saturated heterocycles. The van der Waals surface area contributed by atoms with E-state index >= 15 is 0 Å². The Balaban J connectivity index is 2.52. The van der Waals surface area contributed by atoms with Crippen molar-refractivity contribution in [3.8, 4) is 29.2 Å². The molecule has 1 heteroatoms. The van der Waals surface area contributed by atoms with Gasteiger partial charge in [0, 0.05) is 5.92 Å². The largest absolute Gasteiger partial charge is 0.497 e. The third-order valence-corrected chi connectivity index (χ3v) is 3.02. The first-order valence-electron chi connectivity index (χ1n) is 5.95. The molecule has 0 bridgehead atoms. The van der Waals surface area contributed by atoms with Crippen LogP contribution in [0.5, 0.6) is 5.75 Å². The summed E-state index contributed by atoms with van der Waals surface area (Å²) in [6, 6.07) is 16.4. The standard InChI is InChI=1S/C17H16O/c1-4-13(2)15-10-16(12-17(11-15)18-3)14-8-6-5-7-9-14/h1,5-13H,2-3H3/t13-/m0/s1. The van der Waals surface area contributed by atoms with Gasteiger partial charge in [-0.25, -0.2) is 0 Å². The number of ether oxygens (including phenoxy) is 1. The lowest BCUT2D eigenvalue weighted by molar-refractivity contribution is 0.414. The van der Waals surface area contributed by atoms with Crippen molar-refractivity contribution in [3.05, 3.63) is 54.1 Å². The number of hydrogen-bond acceptors (Lipinski definition) is 1. The van der Waals surface area contributed by atoms with E-state index in [0.29, 0.717) is 0 Å². The molecule has 2 aromatic carbocycles. The lowest BCUT2D eigenvalue weighted by Crippen LogP contribution is -1.93. The van der Waals surface area contributed by atoms with Gasteiger partial charge < -0.3 is 4.74 Å². The molecule has 0 aliphatic heterocycles. The normalized spacial score (nSPS) is 11.6. The van der Waals surface area contributed by atoms with Crippen LogP contribution >= 0.6 is 0 Å². The van der Waals surface area contributed by atoms with Crippen molar-refractivity contribution in [2.75, 3.05) is 7.11 Å². The summed E-state index contributed by atoms with van der Waals surface area (Å²) in [4.78, 5) is 0. The first kappa shape index (κ1) is 12.3. The van der Waals surface area contributed by atoms with Crippen LogP contribution in [-0.2, 0) is 0 Å². The van der Waals surface area contributed by atoms with E-state index in [1.165, 1.54) is 5.56 Å². The first-order valence-corrected chi connectivity index (χ1v) is 5.95. The molecule has 1 nitrogen and oxygen atoms in total. The molecule has 0 heterocycles. The Morgan fingerprint density at radius 3 is 2.39 bits per heavy atom. The van der Waals surface area contributed by atoms with E-state index in [9.17, 15) is 0 Å². The van der Waals surface area contributed by atoms with Crippen molar-refractivity contribution >= 4 is 0 Å². The van der Waals surface area contributed by atoms with Crippen molar-refractivity contribution in [2.24, 2.45) is 0 Å². The summed E-state index contributed by atoms with van der Waals surface area (Å²) >= 11 is 0. The van der Waals surface area contributed by atoms with E-state index in [4.69, 9.17) is 11.2 Å². The number of rotatable bonds is 3. The molecule has 0 N–H and O–H groups in total. The lowest BCUT2D eigenvalue weighted by Gasteiger charge is -2.11. The quantitative estimate of drug-likeness (QED) is 0.729. The van der Waals surface area contributed by atoms with Crippen LogP contribution in [0.25, 0.3) is 11.1 Å². The number of hydrogen-bond donors (Lipinski definition) is 0. The monoisotopic (exact) mass is 236 g/mol. The minimum atomic E-state index is 0.0857. The van der Waals surface area contributed by atoms with Crippen LogP contribution < -0.4 is 4.74 Å². The first-order chi connectivity index (χ1) is 8.74. The fourth-order valence-electron chi connectivity index (χ4n) is 1.88. The van der Waals surface area contributed by atoms with Gasteiger partial charge in [0.25, 0.3) is 0 Å². The molecule has 2 aromatic rings. The van der Waals surface area contributed by atoms with Crippen molar-refractivity contribution < 1.29 is 4.74 Å². The van der Waals surface area contributed by atoms with Gasteiger partial charge in [0.1, 0.15) is 5.75 Å². The average Bonchev–Trinajstić information content (AvgIpc) is 2.46. The van der Waals surface area contributed by atoms with Crippen LogP contribution in [0.15, 0.2) is 48.5 Å². The Morgan fingerprint density at radius 2 is 1.78 bits per heavy atom. The Bertz CT molecular complexity index is 564. The molecule has 2 rings (SSSR count). The lowest BCUT2D eigenvalue weighted by atomic mass is 9.96. The highest BCUT2D eigenvalue weighted by atomic mass is 16.5. The van der Waals surface area contributed by atoms with Crippen molar-refractivity contribution in [2.45, 2.75) is 12.8 Å². The summed E-state index contributed by atoms with van der Waals surface area (Å²) in [5.41, 5.74) is 3.41. The summed E-state index contributed by atoms with van der Waals surface area (Å²) in [5.74, 6) is 3.68. The average molecular weight is 236 g/mol. The molecule has 0 saturated carbocycles. The smallest absolute Gasteiger partial charge is 0.119 e. The van der Waals surface area contributed by atoms with Crippen molar-refractivity contribution in [1.29, 1.82) is 0 Å². The molecule has 90 valence electrons. The Morgan fingerprint density at radius 1 is 1.06 bits per heavy atom. The second kappa shape index (κ2) is 5.42. The Hall–Kier alpha value is -2.20. The van der Waals surface area contributed by atoms with Crippen molar-refractivity contribution in [3.63, 3.8) is 0 Å². The second-order valence-corrected chi connectivity index (χ2v) is 4.25. The third-order valence-electron chi connectivity index (χ3n) is 3.02. The fourth-order valence-corrected chi connectivity index (χ4v) is 1.88. The molecule has 0 spiro atoms. The molecule has 0 radical (unpaired) electrons. The van der Waals surface area contributed by atoms with Crippen LogP contribution in [0, 0.1) is 12.3 Å². The summed E-state index contributed by atoms with van der Waals surface area (Å²) in [7, 11) is 1.68. The number of terminal acetylenes is 1. The van der Waals surface area contributed by atoms with Gasteiger partial charge in [-0.3, -0.25) is 0 Å². The number of benzene rings is 2. The highest BCUT2D eigenvalue weighted by Gasteiger charge is 2.07. The highest BCUT2D eigenvalue weighted by Crippen LogP contribution is 2.29. The van der Waals surface area contributed by atoms with Gasteiger partial charge in [-0.05, 0) is 41.8 Å². The highest BCUT2D eigenvalue weighted by molar-refractivity contribution is 5.66. The minimum absolute atomic E-state index is 0.0857. The van der Waals surface area contributed by atoms with Crippen LogP contribution in [0.4, 0.5) is 0 Å². The van der Waals surface area contributed by atoms with E-state index in [1.54, 1.807) is 7.11 Å². The van der Waals surface area contributed by atoms with Gasteiger partial charge in [0.15, 0.2) is 0 Å². The predicted octanol–water partition coefficient (Wildman–Crippen LogP) is 4.10. The Labute approximate surface area is 108 Å². The maximum absolute atomic E-state index is 5.49. The maximum Gasteiger partial charge on any atom is 0.119 e. The van der Waals surface area contributed by atoms with E-state index < -0.39 is 0 Å². The van der Waals surface area contributed by atoms with Crippen LogP contribution in [0.2, 0.25) is 0 Å². The zero-order chi connectivity index (χ0) is 13.0. The summed E-state index contributed by atoms with van der Waals surface area (Å²) in [6.45, 7) is 2.02. The molecule has 1 atom stereocenters. The van der Waals surface area contributed by atoms with E-state index in [1.807, 2.05) is 37.3 Å². The topological polar surface area (TPSA) is 9.23 Å². The molecular weight excluding hydrogens is 220 g/mol. The molecule has 0 aliphatic rings. The van der Waals surface area contributed by atoms with Gasteiger partial charge in [0.2, 0.25) is 0 Å². The molecule has 18 heavy (non-hydrogen) atoms. The third kappa shape index (κ3) is 2.55. The van der Waals surface area contributed by atoms with Gasteiger partial charge >= 0.3 is 0 Å². The number of methoxy groups -OCH3 is 1. The minimum Gasteiger partial charge on any atom is -0.497 e. The molecule has 0 unspecified atom stereocenters. The fraction of sp³-hybridized carbons (Fsp3) is 0.176. The molecule has 0 aliphatic carbocycles.